The van der Waals surface area contributed by atoms with Gasteiger partial charge in [0.15, 0.2) is 0 Å². The lowest BCUT2D eigenvalue weighted by molar-refractivity contribution is -0.0689. The highest BCUT2D eigenvalue weighted by Gasteiger charge is 2.37. The maximum atomic E-state index is 6.40. The molecule has 0 N–H and O–H groups in total. The maximum Gasteiger partial charge on any atom is 0.0717 e. The van der Waals surface area contributed by atoms with Crippen molar-refractivity contribution in [3.8, 4) is 0 Å². The molecule has 4 heteroatoms. The molecular weight excluding hydrogens is 468 g/mol. The van der Waals surface area contributed by atoms with Crippen molar-refractivity contribution >= 4 is 0 Å². The van der Waals surface area contributed by atoms with E-state index < -0.39 is 0 Å². The van der Waals surface area contributed by atoms with E-state index in [0.717, 1.165) is 26.2 Å². The van der Waals surface area contributed by atoms with Gasteiger partial charge in [0.25, 0.3) is 0 Å². The molecule has 1 fully saturated rings. The van der Waals surface area contributed by atoms with Crippen LogP contribution < -0.4 is 0 Å². The Morgan fingerprint density at radius 1 is 0.447 bits per heavy atom. The van der Waals surface area contributed by atoms with Crippen LogP contribution in [-0.4, -0.2) is 48.2 Å². The van der Waals surface area contributed by atoms with Gasteiger partial charge in [-0.1, -0.05) is 121 Å². The summed E-state index contributed by atoms with van der Waals surface area (Å²) in [6, 6.07) is 42.9. The van der Waals surface area contributed by atoms with Gasteiger partial charge in [-0.15, -0.1) is 0 Å². The average Bonchev–Trinajstić information content (AvgIpc) is 2.97. The fourth-order valence-corrected chi connectivity index (χ4v) is 5.28. The third kappa shape index (κ3) is 7.62. The zero-order chi connectivity index (χ0) is 25.8. The lowest BCUT2D eigenvalue weighted by Gasteiger charge is -2.47. The third-order valence-corrected chi connectivity index (χ3v) is 7.31. The first-order valence-corrected chi connectivity index (χ1v) is 13.6. The van der Waals surface area contributed by atoms with Crippen molar-refractivity contribution < 1.29 is 9.47 Å². The molecule has 1 heterocycles. The molecule has 4 nitrogen and oxygen atoms in total. The van der Waals surface area contributed by atoms with Crippen LogP contribution >= 0.6 is 0 Å². The molecule has 5 rings (SSSR count). The second-order valence-electron chi connectivity index (χ2n) is 10.0. The molecule has 1 saturated heterocycles. The third-order valence-electron chi connectivity index (χ3n) is 7.31. The van der Waals surface area contributed by atoms with E-state index in [1.807, 2.05) is 12.1 Å². The van der Waals surface area contributed by atoms with Crippen LogP contribution in [0.4, 0.5) is 0 Å². The van der Waals surface area contributed by atoms with Crippen molar-refractivity contribution in [3.05, 3.63) is 144 Å². The highest BCUT2D eigenvalue weighted by atomic mass is 16.5. The molecule has 4 aromatic carbocycles. The number of hydrogen-bond donors (Lipinski definition) is 0. The van der Waals surface area contributed by atoms with Gasteiger partial charge in [-0.2, -0.15) is 0 Å². The monoisotopic (exact) mass is 506 g/mol. The number of benzene rings is 4. The summed E-state index contributed by atoms with van der Waals surface area (Å²) in [6.45, 7) is 6.37. The molecule has 0 aliphatic carbocycles. The summed E-state index contributed by atoms with van der Waals surface area (Å²) in [5.74, 6) is 0. The van der Waals surface area contributed by atoms with Gasteiger partial charge in [0.1, 0.15) is 0 Å². The molecule has 38 heavy (non-hydrogen) atoms. The fourth-order valence-electron chi connectivity index (χ4n) is 5.28. The fraction of sp³-hybridized carbons (Fsp3) is 0.294. The lowest BCUT2D eigenvalue weighted by Crippen LogP contribution is -2.62. The Morgan fingerprint density at radius 2 is 0.763 bits per heavy atom. The Hall–Kier alpha value is -3.28. The second kappa shape index (κ2) is 14.0. The molecule has 2 unspecified atom stereocenters. The molecule has 0 bridgehead atoms. The minimum absolute atomic E-state index is 0.215. The summed E-state index contributed by atoms with van der Waals surface area (Å²) in [6.07, 6.45) is 0. The van der Waals surface area contributed by atoms with E-state index in [4.69, 9.17) is 9.47 Å². The molecule has 196 valence electrons. The lowest BCUT2D eigenvalue weighted by atomic mass is 10.00. The van der Waals surface area contributed by atoms with Crippen LogP contribution in [0.5, 0.6) is 0 Å². The van der Waals surface area contributed by atoms with Gasteiger partial charge < -0.3 is 9.47 Å². The molecule has 0 spiro atoms. The van der Waals surface area contributed by atoms with Crippen LogP contribution in [0.3, 0.4) is 0 Å². The predicted octanol–water partition coefficient (Wildman–Crippen LogP) is 6.18. The van der Waals surface area contributed by atoms with E-state index in [2.05, 4.69) is 119 Å². The molecule has 0 radical (unpaired) electrons. The largest absolute Gasteiger partial charge is 0.375 e. The Labute approximate surface area is 227 Å². The average molecular weight is 507 g/mol. The van der Waals surface area contributed by atoms with Gasteiger partial charge in [0.05, 0.1) is 38.5 Å². The van der Waals surface area contributed by atoms with Crippen molar-refractivity contribution in [2.24, 2.45) is 0 Å². The number of piperazine rings is 1. The first-order valence-electron chi connectivity index (χ1n) is 13.6. The number of hydrogen-bond acceptors (Lipinski definition) is 4. The summed E-state index contributed by atoms with van der Waals surface area (Å²) in [5.41, 5.74) is 5.08. The van der Waals surface area contributed by atoms with E-state index in [1.165, 1.54) is 22.3 Å². The minimum Gasteiger partial charge on any atom is -0.375 e. The van der Waals surface area contributed by atoms with Crippen LogP contribution in [0.1, 0.15) is 22.3 Å². The van der Waals surface area contributed by atoms with Gasteiger partial charge in [-0.25, -0.2) is 0 Å². The molecular formula is C34H38N2O2. The zero-order valence-electron chi connectivity index (χ0n) is 22.1. The van der Waals surface area contributed by atoms with Crippen molar-refractivity contribution in [2.45, 2.75) is 38.4 Å². The van der Waals surface area contributed by atoms with Gasteiger partial charge in [0.2, 0.25) is 0 Å². The second-order valence-corrected chi connectivity index (χ2v) is 10.0. The highest BCUT2D eigenvalue weighted by Crippen LogP contribution is 2.24. The van der Waals surface area contributed by atoms with Crippen LogP contribution in [-0.2, 0) is 35.8 Å². The van der Waals surface area contributed by atoms with Crippen LogP contribution in [0.2, 0.25) is 0 Å². The van der Waals surface area contributed by atoms with E-state index in [9.17, 15) is 0 Å². The topological polar surface area (TPSA) is 24.9 Å². The molecule has 0 saturated carbocycles. The number of rotatable bonds is 12. The highest BCUT2D eigenvalue weighted by molar-refractivity contribution is 5.18. The number of ether oxygens (including phenoxy) is 2. The van der Waals surface area contributed by atoms with Crippen LogP contribution in [0.25, 0.3) is 0 Å². The molecule has 0 aromatic heterocycles. The Kier molecular flexibility index (Phi) is 9.72. The van der Waals surface area contributed by atoms with E-state index in [1.54, 1.807) is 0 Å². The van der Waals surface area contributed by atoms with Crippen molar-refractivity contribution in [1.82, 2.24) is 9.80 Å². The van der Waals surface area contributed by atoms with Crippen molar-refractivity contribution in [2.75, 3.05) is 26.3 Å². The van der Waals surface area contributed by atoms with Crippen molar-refractivity contribution in [3.63, 3.8) is 0 Å². The van der Waals surface area contributed by atoms with E-state index >= 15 is 0 Å². The molecule has 0 amide bonds. The summed E-state index contributed by atoms with van der Waals surface area (Å²) >= 11 is 0. The SMILES string of the molecule is c1ccc(COCC2C(COCc3ccccc3)N(Cc3ccccc3)CCN2Cc2ccccc2)cc1. The molecule has 1 aliphatic rings. The minimum atomic E-state index is 0.215. The van der Waals surface area contributed by atoms with Gasteiger partial charge in [-0.05, 0) is 22.3 Å². The first-order chi connectivity index (χ1) is 18.8. The summed E-state index contributed by atoms with van der Waals surface area (Å²) in [4.78, 5) is 5.19. The van der Waals surface area contributed by atoms with Crippen LogP contribution in [0, 0.1) is 0 Å². The first kappa shape index (κ1) is 26.3. The van der Waals surface area contributed by atoms with E-state index in [0.29, 0.717) is 26.4 Å². The van der Waals surface area contributed by atoms with Gasteiger partial charge in [0, 0.05) is 26.2 Å². The van der Waals surface area contributed by atoms with E-state index in [-0.39, 0.29) is 12.1 Å². The summed E-state index contributed by atoms with van der Waals surface area (Å²) in [5, 5.41) is 0. The summed E-state index contributed by atoms with van der Waals surface area (Å²) < 4.78 is 12.8. The molecule has 4 aromatic rings. The zero-order valence-corrected chi connectivity index (χ0v) is 22.1. The predicted molar refractivity (Wildman–Crippen MR) is 153 cm³/mol. The number of nitrogens with zero attached hydrogens (tertiary/aromatic N) is 2. The standard InChI is InChI=1S/C34H38N2O2/c1-5-13-29(14-6-1)23-35-21-22-36(24-30-15-7-2-8-16-30)34(28-38-26-32-19-11-4-12-20-32)33(35)27-37-25-31-17-9-3-10-18-31/h1-20,33-34H,21-28H2. The Balaban J connectivity index is 1.35. The molecule has 1 aliphatic heterocycles. The Bertz CT molecular complexity index is 1090. The maximum absolute atomic E-state index is 6.40. The van der Waals surface area contributed by atoms with Crippen molar-refractivity contribution in [1.29, 1.82) is 0 Å². The van der Waals surface area contributed by atoms with Gasteiger partial charge >= 0.3 is 0 Å². The quantitative estimate of drug-likeness (QED) is 0.229. The Morgan fingerprint density at radius 3 is 1.11 bits per heavy atom. The van der Waals surface area contributed by atoms with Gasteiger partial charge in [-0.3, -0.25) is 9.80 Å². The molecule has 2 atom stereocenters. The summed E-state index contributed by atoms with van der Waals surface area (Å²) in [7, 11) is 0. The smallest absolute Gasteiger partial charge is 0.0717 e. The van der Waals surface area contributed by atoms with Crippen LogP contribution in [0.15, 0.2) is 121 Å². The normalized spacial score (nSPS) is 18.4.